The summed E-state index contributed by atoms with van der Waals surface area (Å²) in [6.45, 7) is 5.54. The van der Waals surface area contributed by atoms with E-state index in [9.17, 15) is 9.59 Å². The predicted octanol–water partition coefficient (Wildman–Crippen LogP) is 2.41. The number of hydrogen-bond donors (Lipinski definition) is 3. The summed E-state index contributed by atoms with van der Waals surface area (Å²) in [5.74, 6) is -0.0806. The van der Waals surface area contributed by atoms with Crippen molar-refractivity contribution in [2.75, 3.05) is 17.7 Å². The van der Waals surface area contributed by atoms with E-state index >= 15 is 0 Å². The molecular weight excluding hydrogens is 466 g/mol. The molecule has 4 N–H and O–H groups in total. The molecule has 13 heteroatoms. The Balaban J connectivity index is 1.66. The molecule has 2 aromatic heterocycles. The largest absolute Gasteiger partial charge is 0.494 e. The summed E-state index contributed by atoms with van der Waals surface area (Å²) in [5, 5.41) is 22.3. The van der Waals surface area contributed by atoms with Gasteiger partial charge in [-0.05, 0) is 66.1 Å². The molecule has 0 saturated heterocycles. The molecule has 0 aliphatic carbocycles. The van der Waals surface area contributed by atoms with Crippen LogP contribution in [0.1, 0.15) is 36.8 Å². The fourth-order valence-electron chi connectivity index (χ4n) is 3.33. The summed E-state index contributed by atoms with van der Waals surface area (Å²) in [6, 6.07) is 14.1. The van der Waals surface area contributed by atoms with Crippen LogP contribution in [0.15, 0.2) is 58.3 Å². The molecule has 0 bridgehead atoms. The van der Waals surface area contributed by atoms with Gasteiger partial charge in [-0.25, -0.2) is 10.1 Å². The SMILES string of the molecule is CCOc1ccc(-c2c(C(=O)N/N=C(\C)c3cccc(NC(C)=O)c3)nnn2-c2nonc2N)cc1. The van der Waals surface area contributed by atoms with Gasteiger partial charge in [-0.1, -0.05) is 17.3 Å². The normalized spacial score (nSPS) is 11.2. The molecule has 2 heterocycles. The van der Waals surface area contributed by atoms with E-state index in [0.29, 0.717) is 40.6 Å². The molecule has 2 aromatic carbocycles. The number of ether oxygens (including phenoxy) is 1. The van der Waals surface area contributed by atoms with Crippen molar-refractivity contribution in [3.05, 3.63) is 59.8 Å². The minimum atomic E-state index is -0.613. The van der Waals surface area contributed by atoms with Gasteiger partial charge in [0.05, 0.1) is 12.3 Å². The first-order valence-electron chi connectivity index (χ1n) is 10.9. The number of anilines is 2. The topological polar surface area (TPSA) is 175 Å². The van der Waals surface area contributed by atoms with Crippen LogP contribution in [0.4, 0.5) is 11.5 Å². The highest BCUT2D eigenvalue weighted by atomic mass is 16.6. The molecule has 2 amide bonds. The van der Waals surface area contributed by atoms with E-state index in [4.69, 9.17) is 15.1 Å². The zero-order valence-corrected chi connectivity index (χ0v) is 19.7. The molecule has 0 unspecified atom stereocenters. The van der Waals surface area contributed by atoms with E-state index in [1.165, 1.54) is 11.6 Å². The molecule has 36 heavy (non-hydrogen) atoms. The van der Waals surface area contributed by atoms with E-state index in [-0.39, 0.29) is 23.2 Å². The molecule has 4 aromatic rings. The second-order valence-electron chi connectivity index (χ2n) is 7.53. The molecule has 13 nitrogen and oxygen atoms in total. The lowest BCUT2D eigenvalue weighted by Crippen LogP contribution is -2.21. The zero-order valence-electron chi connectivity index (χ0n) is 19.7. The number of nitrogens with one attached hydrogen (secondary N) is 2. The first-order chi connectivity index (χ1) is 17.4. The van der Waals surface area contributed by atoms with Gasteiger partial charge < -0.3 is 15.8 Å². The lowest BCUT2D eigenvalue weighted by molar-refractivity contribution is -0.114. The average molecular weight is 489 g/mol. The van der Waals surface area contributed by atoms with E-state index in [0.717, 1.165) is 0 Å². The number of nitrogens with two attached hydrogens (primary N) is 1. The minimum Gasteiger partial charge on any atom is -0.494 e. The van der Waals surface area contributed by atoms with Crippen molar-refractivity contribution in [2.24, 2.45) is 5.10 Å². The van der Waals surface area contributed by atoms with Crippen molar-refractivity contribution in [1.82, 2.24) is 30.7 Å². The summed E-state index contributed by atoms with van der Waals surface area (Å²) >= 11 is 0. The van der Waals surface area contributed by atoms with Crippen LogP contribution in [-0.4, -0.2) is 49.4 Å². The van der Waals surface area contributed by atoms with Crippen molar-refractivity contribution in [1.29, 1.82) is 0 Å². The third-order valence-corrected chi connectivity index (χ3v) is 4.95. The van der Waals surface area contributed by atoms with Gasteiger partial charge in [0, 0.05) is 18.2 Å². The molecule has 0 saturated carbocycles. The van der Waals surface area contributed by atoms with Crippen molar-refractivity contribution in [3.63, 3.8) is 0 Å². The van der Waals surface area contributed by atoms with E-state index in [1.54, 1.807) is 55.5 Å². The monoisotopic (exact) mass is 489 g/mol. The fourth-order valence-corrected chi connectivity index (χ4v) is 3.33. The lowest BCUT2D eigenvalue weighted by atomic mass is 10.1. The molecule has 0 aliphatic rings. The highest BCUT2D eigenvalue weighted by Crippen LogP contribution is 2.28. The Morgan fingerprint density at radius 3 is 2.58 bits per heavy atom. The molecule has 0 fully saturated rings. The zero-order chi connectivity index (χ0) is 25.7. The van der Waals surface area contributed by atoms with Gasteiger partial charge >= 0.3 is 0 Å². The number of hydrazone groups is 1. The Kier molecular flexibility index (Phi) is 6.99. The van der Waals surface area contributed by atoms with Gasteiger partial charge in [-0.2, -0.15) is 9.78 Å². The van der Waals surface area contributed by atoms with Gasteiger partial charge in [0.25, 0.3) is 5.91 Å². The Labute approximate surface area is 205 Å². The Morgan fingerprint density at radius 1 is 1.14 bits per heavy atom. The standard InChI is InChI=1S/C23H23N9O4/c1-4-35-18-10-8-15(9-11-18)20-19(27-31-32(20)22-21(24)29-36-30-22)23(34)28-26-13(2)16-6-5-7-17(12-16)25-14(3)33/h5-12H,4H2,1-3H3,(H2,24,29)(H,25,33)(H,28,34)/b26-13+. The van der Waals surface area contributed by atoms with E-state index in [1.807, 2.05) is 6.92 Å². The highest BCUT2D eigenvalue weighted by Gasteiger charge is 2.25. The first kappa shape index (κ1) is 24.1. The summed E-state index contributed by atoms with van der Waals surface area (Å²) in [6.07, 6.45) is 0. The van der Waals surface area contributed by atoms with Crippen LogP contribution in [-0.2, 0) is 4.79 Å². The molecule has 4 rings (SSSR count). The van der Waals surface area contributed by atoms with Gasteiger partial charge in [0.1, 0.15) is 11.4 Å². The third kappa shape index (κ3) is 5.19. The number of amides is 2. The summed E-state index contributed by atoms with van der Waals surface area (Å²) < 4.78 is 11.5. The predicted molar refractivity (Wildman–Crippen MR) is 131 cm³/mol. The maximum Gasteiger partial charge on any atom is 0.294 e. The number of nitrogens with zero attached hydrogens (tertiary/aromatic N) is 6. The lowest BCUT2D eigenvalue weighted by Gasteiger charge is -2.08. The number of hydrogen-bond acceptors (Lipinski definition) is 10. The number of nitrogen functional groups attached to an aromatic ring is 1. The number of rotatable bonds is 8. The number of aromatic nitrogens is 5. The number of benzene rings is 2. The van der Waals surface area contributed by atoms with Crippen molar-refractivity contribution < 1.29 is 19.0 Å². The van der Waals surface area contributed by atoms with Gasteiger partial charge in [-0.3, -0.25) is 9.59 Å². The van der Waals surface area contributed by atoms with Gasteiger partial charge in [0.15, 0.2) is 5.69 Å². The average Bonchev–Trinajstić information content (AvgIpc) is 3.49. The molecular formula is C23H23N9O4. The summed E-state index contributed by atoms with van der Waals surface area (Å²) in [7, 11) is 0. The second kappa shape index (κ2) is 10.5. The maximum atomic E-state index is 13.1. The van der Waals surface area contributed by atoms with Gasteiger partial charge in [-0.15, -0.1) is 5.10 Å². The number of carbonyl (C=O) groups excluding carboxylic acids is 2. The Hall–Kier alpha value is -5.07. The van der Waals surface area contributed by atoms with Crippen LogP contribution in [0.25, 0.3) is 17.1 Å². The van der Waals surface area contributed by atoms with E-state index in [2.05, 4.69) is 36.5 Å². The van der Waals surface area contributed by atoms with Crippen LogP contribution >= 0.6 is 0 Å². The molecule has 184 valence electrons. The second-order valence-corrected chi connectivity index (χ2v) is 7.53. The van der Waals surface area contributed by atoms with Crippen LogP contribution < -0.4 is 21.2 Å². The van der Waals surface area contributed by atoms with E-state index < -0.39 is 5.91 Å². The molecule has 0 spiro atoms. The Bertz CT molecular complexity index is 1420. The van der Waals surface area contributed by atoms with Crippen molar-refractivity contribution in [3.8, 4) is 22.8 Å². The summed E-state index contributed by atoms with van der Waals surface area (Å²) in [4.78, 5) is 24.5. The smallest absolute Gasteiger partial charge is 0.294 e. The number of carbonyl (C=O) groups is 2. The van der Waals surface area contributed by atoms with Crippen molar-refractivity contribution >= 4 is 29.0 Å². The minimum absolute atomic E-state index is 0.0213. The fraction of sp³-hybridized carbons (Fsp3) is 0.174. The third-order valence-electron chi connectivity index (χ3n) is 4.95. The first-order valence-corrected chi connectivity index (χ1v) is 10.9. The molecule has 0 atom stereocenters. The van der Waals surface area contributed by atoms with Crippen LogP contribution in [0, 0.1) is 0 Å². The maximum absolute atomic E-state index is 13.1. The summed E-state index contributed by atoms with van der Waals surface area (Å²) in [5.41, 5.74) is 11.1. The highest BCUT2D eigenvalue weighted by molar-refractivity contribution is 6.03. The molecule has 0 radical (unpaired) electrons. The Morgan fingerprint density at radius 2 is 1.92 bits per heavy atom. The van der Waals surface area contributed by atoms with Crippen LogP contribution in [0.3, 0.4) is 0 Å². The van der Waals surface area contributed by atoms with Crippen molar-refractivity contribution in [2.45, 2.75) is 20.8 Å². The molecule has 0 aliphatic heterocycles. The van der Waals surface area contributed by atoms with Crippen LogP contribution in [0.5, 0.6) is 5.75 Å². The van der Waals surface area contributed by atoms with Gasteiger partial charge in [0.2, 0.25) is 17.5 Å². The quantitative estimate of drug-likeness (QED) is 0.248. The van der Waals surface area contributed by atoms with Crippen LogP contribution in [0.2, 0.25) is 0 Å².